The van der Waals surface area contributed by atoms with Gasteiger partial charge in [0.2, 0.25) is 0 Å². The minimum atomic E-state index is -0.351. The van der Waals surface area contributed by atoms with Gasteiger partial charge in [-0.1, -0.05) is 11.6 Å². The number of nitrogens with one attached hydrogen (secondary N) is 2. The van der Waals surface area contributed by atoms with Crippen LogP contribution in [0.5, 0.6) is 0 Å². The van der Waals surface area contributed by atoms with Crippen LogP contribution < -0.4 is 10.6 Å². The number of carbonyl (C=O) groups is 2. The maximum Gasteiger partial charge on any atom is 0.291 e. The number of nitrogens with zero attached hydrogens (tertiary/aromatic N) is 2. The van der Waals surface area contributed by atoms with E-state index in [9.17, 15) is 9.59 Å². The van der Waals surface area contributed by atoms with Crippen molar-refractivity contribution in [2.24, 2.45) is 0 Å². The molecule has 0 bridgehead atoms. The molecule has 0 saturated carbocycles. The summed E-state index contributed by atoms with van der Waals surface area (Å²) in [5, 5.41) is 6.21. The summed E-state index contributed by atoms with van der Waals surface area (Å²) in [5.74, 6) is 0.234. The van der Waals surface area contributed by atoms with Crippen molar-refractivity contribution in [2.75, 3.05) is 5.32 Å². The Balaban J connectivity index is 1.56. The van der Waals surface area contributed by atoms with Crippen molar-refractivity contribution in [1.82, 2.24) is 14.9 Å². The van der Waals surface area contributed by atoms with Crippen molar-refractivity contribution < 1.29 is 14.0 Å². The van der Waals surface area contributed by atoms with Crippen LogP contribution in [0, 0.1) is 0 Å². The maximum absolute atomic E-state index is 12.8. The molecule has 2 N–H and O–H groups in total. The summed E-state index contributed by atoms with van der Waals surface area (Å²) in [4.78, 5) is 29.8. The Kier molecular flexibility index (Phi) is 5.16. The highest BCUT2D eigenvalue weighted by Gasteiger charge is 2.27. The van der Waals surface area contributed by atoms with Gasteiger partial charge in [0.1, 0.15) is 11.5 Å². The summed E-state index contributed by atoms with van der Waals surface area (Å²) in [5.41, 5.74) is 1.71. The van der Waals surface area contributed by atoms with Gasteiger partial charge in [0.15, 0.2) is 5.82 Å². The number of fused-ring (bicyclic) bond motifs is 1. The van der Waals surface area contributed by atoms with Crippen molar-refractivity contribution in [3.05, 3.63) is 70.7 Å². The Morgan fingerprint density at radius 2 is 1.96 bits per heavy atom. The van der Waals surface area contributed by atoms with Crippen LogP contribution in [0.1, 0.15) is 45.4 Å². The summed E-state index contributed by atoms with van der Waals surface area (Å²) in [7, 11) is 0. The zero-order chi connectivity index (χ0) is 19.5. The largest absolute Gasteiger partial charge is 0.467 e. The van der Waals surface area contributed by atoms with E-state index in [0.717, 1.165) is 18.5 Å². The second kappa shape index (κ2) is 7.90. The van der Waals surface area contributed by atoms with E-state index >= 15 is 0 Å². The molecule has 2 amide bonds. The van der Waals surface area contributed by atoms with E-state index in [2.05, 4.69) is 15.6 Å². The van der Waals surface area contributed by atoms with Gasteiger partial charge in [0, 0.05) is 17.3 Å². The molecule has 144 valence electrons. The molecule has 0 unspecified atom stereocenters. The number of amides is 2. The van der Waals surface area contributed by atoms with E-state index in [1.807, 2.05) is 4.57 Å². The Hall–Kier alpha value is -3.06. The molecule has 1 aliphatic rings. The Bertz CT molecular complexity index is 993. The smallest absolute Gasteiger partial charge is 0.291 e. The SMILES string of the molecule is O=C(NCc1ccco1)c1nc(C(=O)Nc2ccc(Cl)cc2)n2c1CCCC2. The lowest BCUT2D eigenvalue weighted by Gasteiger charge is -2.17. The van der Waals surface area contributed by atoms with E-state index in [1.54, 1.807) is 42.7 Å². The molecule has 0 saturated heterocycles. The number of anilines is 1. The van der Waals surface area contributed by atoms with Crippen molar-refractivity contribution in [2.45, 2.75) is 32.4 Å². The fourth-order valence-corrected chi connectivity index (χ4v) is 3.41. The van der Waals surface area contributed by atoms with Gasteiger partial charge in [-0.05, 0) is 55.7 Å². The second-order valence-corrected chi connectivity index (χ2v) is 7.00. The third-order valence-electron chi connectivity index (χ3n) is 4.64. The second-order valence-electron chi connectivity index (χ2n) is 6.56. The molecule has 0 atom stereocenters. The molecule has 3 heterocycles. The van der Waals surface area contributed by atoms with Crippen LogP contribution in [0.15, 0.2) is 47.1 Å². The molecule has 0 radical (unpaired) electrons. The van der Waals surface area contributed by atoms with Crippen LogP contribution >= 0.6 is 11.6 Å². The minimum Gasteiger partial charge on any atom is -0.467 e. The topological polar surface area (TPSA) is 89.2 Å². The quantitative estimate of drug-likeness (QED) is 0.686. The standard InChI is InChI=1S/C20H19ClN4O3/c21-13-6-8-14(9-7-13)23-20(27)18-24-17(16-5-1-2-10-25(16)18)19(26)22-12-15-4-3-11-28-15/h3-4,6-9,11H,1-2,5,10,12H2,(H,22,26)(H,23,27). The number of imidazole rings is 1. The van der Waals surface area contributed by atoms with E-state index < -0.39 is 0 Å². The summed E-state index contributed by atoms with van der Waals surface area (Å²) in [6.07, 6.45) is 4.17. The van der Waals surface area contributed by atoms with Crippen molar-refractivity contribution >= 4 is 29.1 Å². The Morgan fingerprint density at radius 1 is 1.14 bits per heavy atom. The van der Waals surface area contributed by atoms with E-state index in [0.29, 0.717) is 35.1 Å². The summed E-state index contributed by atoms with van der Waals surface area (Å²) in [6, 6.07) is 10.4. The van der Waals surface area contributed by atoms with E-state index in [-0.39, 0.29) is 24.2 Å². The molecule has 3 aromatic rings. The number of halogens is 1. The van der Waals surface area contributed by atoms with Crippen LogP contribution in [0.25, 0.3) is 0 Å². The van der Waals surface area contributed by atoms with Crippen molar-refractivity contribution in [1.29, 1.82) is 0 Å². The molecule has 8 heteroatoms. The highest BCUT2D eigenvalue weighted by Crippen LogP contribution is 2.22. The van der Waals surface area contributed by atoms with Gasteiger partial charge in [-0.15, -0.1) is 0 Å². The Labute approximate surface area is 166 Å². The first-order valence-electron chi connectivity index (χ1n) is 9.09. The molecule has 1 aliphatic heterocycles. The Morgan fingerprint density at radius 3 is 2.71 bits per heavy atom. The fraction of sp³-hybridized carbons (Fsp3) is 0.250. The number of aromatic nitrogens is 2. The summed E-state index contributed by atoms with van der Waals surface area (Å²) >= 11 is 5.88. The first kappa shape index (κ1) is 18.3. The van der Waals surface area contributed by atoms with Gasteiger partial charge in [-0.2, -0.15) is 0 Å². The monoisotopic (exact) mass is 398 g/mol. The predicted molar refractivity (Wildman–Crippen MR) is 104 cm³/mol. The van der Waals surface area contributed by atoms with Gasteiger partial charge in [0.05, 0.1) is 18.5 Å². The average molecular weight is 399 g/mol. The highest BCUT2D eigenvalue weighted by molar-refractivity contribution is 6.30. The molecular weight excluding hydrogens is 380 g/mol. The summed E-state index contributed by atoms with van der Waals surface area (Å²) in [6.45, 7) is 0.932. The molecule has 0 aliphatic carbocycles. The van der Waals surface area contributed by atoms with Gasteiger partial charge in [0.25, 0.3) is 11.8 Å². The van der Waals surface area contributed by atoms with Crippen LogP contribution in [-0.4, -0.2) is 21.4 Å². The lowest BCUT2D eigenvalue weighted by Crippen LogP contribution is -2.25. The van der Waals surface area contributed by atoms with Crippen LogP contribution in [0.3, 0.4) is 0 Å². The van der Waals surface area contributed by atoms with E-state index in [4.69, 9.17) is 16.0 Å². The van der Waals surface area contributed by atoms with Gasteiger partial charge in [-0.3, -0.25) is 9.59 Å². The fourth-order valence-electron chi connectivity index (χ4n) is 3.28. The number of furan rings is 1. The van der Waals surface area contributed by atoms with Crippen molar-refractivity contribution in [3.63, 3.8) is 0 Å². The molecule has 7 nitrogen and oxygen atoms in total. The normalized spacial score (nSPS) is 13.0. The van der Waals surface area contributed by atoms with Gasteiger partial charge >= 0.3 is 0 Å². The van der Waals surface area contributed by atoms with E-state index in [1.165, 1.54) is 0 Å². The molecule has 4 rings (SSSR count). The maximum atomic E-state index is 12.8. The number of rotatable bonds is 5. The molecule has 0 spiro atoms. The summed E-state index contributed by atoms with van der Waals surface area (Å²) < 4.78 is 7.08. The zero-order valence-electron chi connectivity index (χ0n) is 15.1. The third kappa shape index (κ3) is 3.80. The predicted octanol–water partition coefficient (Wildman–Crippen LogP) is 3.65. The van der Waals surface area contributed by atoms with Gasteiger partial charge in [-0.25, -0.2) is 4.98 Å². The number of hydrogen-bond donors (Lipinski definition) is 2. The molecule has 2 aromatic heterocycles. The molecule has 1 aromatic carbocycles. The van der Waals surface area contributed by atoms with Crippen molar-refractivity contribution in [3.8, 4) is 0 Å². The van der Waals surface area contributed by atoms with Gasteiger partial charge < -0.3 is 19.6 Å². The number of hydrogen-bond acceptors (Lipinski definition) is 4. The van der Waals surface area contributed by atoms with Crippen LogP contribution in [0.4, 0.5) is 5.69 Å². The highest BCUT2D eigenvalue weighted by atomic mass is 35.5. The first-order chi connectivity index (χ1) is 13.6. The lowest BCUT2D eigenvalue weighted by molar-refractivity contribution is 0.0942. The first-order valence-corrected chi connectivity index (χ1v) is 9.46. The van der Waals surface area contributed by atoms with Crippen LogP contribution in [0.2, 0.25) is 5.02 Å². The molecular formula is C20H19ClN4O3. The number of carbonyl (C=O) groups excluding carboxylic acids is 2. The number of benzene rings is 1. The molecule has 28 heavy (non-hydrogen) atoms. The third-order valence-corrected chi connectivity index (χ3v) is 4.89. The average Bonchev–Trinajstić information content (AvgIpc) is 3.36. The molecule has 0 fully saturated rings. The minimum absolute atomic E-state index is 0.243. The lowest BCUT2D eigenvalue weighted by atomic mass is 10.1. The van der Waals surface area contributed by atoms with Crippen LogP contribution in [-0.2, 0) is 19.5 Å². The zero-order valence-corrected chi connectivity index (χ0v) is 15.8.